The minimum Gasteiger partial charge on any atom is -0.481 e. The van der Waals surface area contributed by atoms with Crippen LogP contribution >= 0.6 is 0 Å². The van der Waals surface area contributed by atoms with Gasteiger partial charge in [0.1, 0.15) is 5.82 Å². The first-order valence-electron chi connectivity index (χ1n) is 6.28. The lowest BCUT2D eigenvalue weighted by Crippen LogP contribution is -2.17. The monoisotopic (exact) mass is 251 g/mol. The summed E-state index contributed by atoms with van der Waals surface area (Å²) in [6, 6.07) is 3.44. The van der Waals surface area contributed by atoms with E-state index in [0.717, 1.165) is 11.1 Å². The Kier molecular flexibility index (Phi) is 3.66. The summed E-state index contributed by atoms with van der Waals surface area (Å²) < 4.78 is 13.6. The standard InChI is InChI=1S/C14H18FNO2/c1-3-9-5-11(8(2)4-12(9)15)13-6-10(7-16-13)14(17)18/h4-5,10,13,16H,3,6-7H2,1-2H3,(H,17,18). The van der Waals surface area contributed by atoms with E-state index in [0.29, 0.717) is 24.9 Å². The molecule has 1 aliphatic heterocycles. The van der Waals surface area contributed by atoms with Crippen LogP contribution in [0.3, 0.4) is 0 Å². The molecule has 2 rings (SSSR count). The Balaban J connectivity index is 2.26. The van der Waals surface area contributed by atoms with Crippen molar-refractivity contribution in [3.05, 3.63) is 34.6 Å². The molecule has 0 radical (unpaired) electrons. The molecule has 4 heteroatoms. The number of carboxylic acids is 1. The fraction of sp³-hybridized carbons (Fsp3) is 0.500. The highest BCUT2D eigenvalue weighted by atomic mass is 19.1. The van der Waals surface area contributed by atoms with Gasteiger partial charge in [-0.3, -0.25) is 4.79 Å². The van der Waals surface area contributed by atoms with Crippen molar-refractivity contribution in [1.29, 1.82) is 0 Å². The van der Waals surface area contributed by atoms with E-state index >= 15 is 0 Å². The molecule has 2 N–H and O–H groups in total. The summed E-state index contributed by atoms with van der Waals surface area (Å²) in [5, 5.41) is 12.2. The summed E-state index contributed by atoms with van der Waals surface area (Å²) >= 11 is 0. The van der Waals surface area contributed by atoms with Crippen LogP contribution in [0.15, 0.2) is 12.1 Å². The van der Waals surface area contributed by atoms with Crippen molar-refractivity contribution in [2.75, 3.05) is 6.54 Å². The molecule has 1 fully saturated rings. The van der Waals surface area contributed by atoms with E-state index in [4.69, 9.17) is 5.11 Å². The number of aryl methyl sites for hydroxylation is 2. The fourth-order valence-electron chi connectivity index (χ4n) is 2.54. The molecule has 18 heavy (non-hydrogen) atoms. The molecule has 1 aromatic rings. The SMILES string of the molecule is CCc1cc(C2CC(C(=O)O)CN2)c(C)cc1F. The quantitative estimate of drug-likeness (QED) is 0.867. The van der Waals surface area contributed by atoms with Gasteiger partial charge in [-0.15, -0.1) is 0 Å². The highest BCUT2D eigenvalue weighted by molar-refractivity contribution is 5.70. The van der Waals surface area contributed by atoms with Crippen molar-refractivity contribution in [2.24, 2.45) is 5.92 Å². The fourth-order valence-corrected chi connectivity index (χ4v) is 2.54. The van der Waals surface area contributed by atoms with Gasteiger partial charge in [0.25, 0.3) is 0 Å². The number of aliphatic carboxylic acids is 1. The van der Waals surface area contributed by atoms with E-state index in [9.17, 15) is 9.18 Å². The van der Waals surface area contributed by atoms with Gasteiger partial charge in [-0.2, -0.15) is 0 Å². The van der Waals surface area contributed by atoms with Crippen LogP contribution in [0, 0.1) is 18.7 Å². The second-order valence-corrected chi connectivity index (χ2v) is 4.89. The van der Waals surface area contributed by atoms with E-state index in [-0.39, 0.29) is 17.8 Å². The molecular weight excluding hydrogens is 233 g/mol. The zero-order valence-electron chi connectivity index (χ0n) is 10.7. The predicted octanol–water partition coefficient (Wildman–Crippen LogP) is 2.43. The van der Waals surface area contributed by atoms with Crippen LogP contribution in [0.5, 0.6) is 0 Å². The van der Waals surface area contributed by atoms with Crippen LogP contribution in [0.1, 0.15) is 36.1 Å². The van der Waals surface area contributed by atoms with Gasteiger partial charge >= 0.3 is 5.97 Å². The Bertz CT molecular complexity index is 473. The van der Waals surface area contributed by atoms with Crippen LogP contribution < -0.4 is 5.32 Å². The summed E-state index contributed by atoms with van der Waals surface area (Å²) in [6.45, 7) is 4.27. The average molecular weight is 251 g/mol. The molecule has 2 atom stereocenters. The largest absolute Gasteiger partial charge is 0.481 e. The Labute approximate surface area is 106 Å². The molecule has 0 bridgehead atoms. The summed E-state index contributed by atoms with van der Waals surface area (Å²) in [6.07, 6.45) is 1.22. The Morgan fingerprint density at radius 2 is 2.28 bits per heavy atom. The number of rotatable bonds is 3. The van der Waals surface area contributed by atoms with Crippen molar-refractivity contribution in [3.8, 4) is 0 Å². The van der Waals surface area contributed by atoms with Gasteiger partial charge in [0.05, 0.1) is 5.92 Å². The third-order valence-electron chi connectivity index (χ3n) is 3.67. The third-order valence-corrected chi connectivity index (χ3v) is 3.67. The summed E-state index contributed by atoms with van der Waals surface area (Å²) in [4.78, 5) is 10.9. The van der Waals surface area contributed by atoms with Crippen LogP contribution in [-0.2, 0) is 11.2 Å². The summed E-state index contributed by atoms with van der Waals surface area (Å²) in [5.41, 5.74) is 2.60. The van der Waals surface area contributed by atoms with Crippen LogP contribution in [0.4, 0.5) is 4.39 Å². The number of benzene rings is 1. The number of nitrogens with one attached hydrogen (secondary N) is 1. The minimum atomic E-state index is -0.763. The average Bonchev–Trinajstić information content (AvgIpc) is 2.78. The molecule has 0 amide bonds. The lowest BCUT2D eigenvalue weighted by molar-refractivity contribution is -0.141. The summed E-state index contributed by atoms with van der Waals surface area (Å²) in [5.74, 6) is -1.28. The van der Waals surface area contributed by atoms with Gasteiger partial charge in [-0.25, -0.2) is 4.39 Å². The van der Waals surface area contributed by atoms with E-state index in [1.165, 1.54) is 0 Å². The topological polar surface area (TPSA) is 49.3 Å². The zero-order valence-corrected chi connectivity index (χ0v) is 10.7. The van der Waals surface area contributed by atoms with Crippen molar-refractivity contribution in [3.63, 3.8) is 0 Å². The lowest BCUT2D eigenvalue weighted by atomic mass is 9.94. The predicted molar refractivity (Wildman–Crippen MR) is 67.0 cm³/mol. The van der Waals surface area contributed by atoms with Crippen LogP contribution in [-0.4, -0.2) is 17.6 Å². The molecule has 0 saturated carbocycles. The lowest BCUT2D eigenvalue weighted by Gasteiger charge is -2.16. The Hall–Kier alpha value is -1.42. The molecule has 0 spiro atoms. The van der Waals surface area contributed by atoms with Gasteiger partial charge < -0.3 is 10.4 Å². The first-order chi connectivity index (χ1) is 8.52. The molecule has 0 aliphatic carbocycles. The van der Waals surface area contributed by atoms with Crippen LogP contribution in [0.2, 0.25) is 0 Å². The maximum atomic E-state index is 13.6. The number of carbonyl (C=O) groups is 1. The number of carboxylic acid groups (broad SMARTS) is 1. The molecule has 1 saturated heterocycles. The molecular formula is C14H18FNO2. The van der Waals surface area contributed by atoms with Gasteiger partial charge in [0.15, 0.2) is 0 Å². The van der Waals surface area contributed by atoms with Gasteiger partial charge in [-0.05, 0) is 42.5 Å². The normalized spacial score (nSPS) is 23.3. The van der Waals surface area contributed by atoms with E-state index in [2.05, 4.69) is 5.32 Å². The molecule has 2 unspecified atom stereocenters. The Morgan fingerprint density at radius 3 is 2.83 bits per heavy atom. The second kappa shape index (κ2) is 5.06. The third kappa shape index (κ3) is 2.38. The zero-order chi connectivity index (χ0) is 13.3. The number of halogens is 1. The van der Waals surface area contributed by atoms with Gasteiger partial charge in [0, 0.05) is 12.6 Å². The Morgan fingerprint density at radius 1 is 1.56 bits per heavy atom. The van der Waals surface area contributed by atoms with Gasteiger partial charge in [0.2, 0.25) is 0 Å². The molecule has 98 valence electrons. The number of hydrogen-bond donors (Lipinski definition) is 2. The molecule has 1 heterocycles. The number of hydrogen-bond acceptors (Lipinski definition) is 2. The second-order valence-electron chi connectivity index (χ2n) is 4.89. The van der Waals surface area contributed by atoms with E-state index in [1.54, 1.807) is 6.07 Å². The van der Waals surface area contributed by atoms with E-state index in [1.807, 2.05) is 19.9 Å². The highest BCUT2D eigenvalue weighted by Crippen LogP contribution is 2.31. The van der Waals surface area contributed by atoms with Crippen molar-refractivity contribution < 1.29 is 14.3 Å². The van der Waals surface area contributed by atoms with E-state index < -0.39 is 5.97 Å². The van der Waals surface area contributed by atoms with Crippen molar-refractivity contribution >= 4 is 5.97 Å². The first kappa shape index (κ1) is 13.0. The highest BCUT2D eigenvalue weighted by Gasteiger charge is 2.31. The first-order valence-corrected chi connectivity index (χ1v) is 6.28. The molecule has 3 nitrogen and oxygen atoms in total. The molecule has 0 aromatic heterocycles. The maximum absolute atomic E-state index is 13.6. The van der Waals surface area contributed by atoms with Crippen molar-refractivity contribution in [2.45, 2.75) is 32.7 Å². The molecule has 1 aromatic carbocycles. The molecule has 1 aliphatic rings. The van der Waals surface area contributed by atoms with Gasteiger partial charge in [-0.1, -0.05) is 13.0 Å². The minimum absolute atomic E-state index is 0.0250. The van der Waals surface area contributed by atoms with Crippen LogP contribution in [0.25, 0.3) is 0 Å². The maximum Gasteiger partial charge on any atom is 0.307 e. The van der Waals surface area contributed by atoms with Crippen molar-refractivity contribution in [1.82, 2.24) is 5.32 Å². The summed E-state index contributed by atoms with van der Waals surface area (Å²) in [7, 11) is 0. The smallest absolute Gasteiger partial charge is 0.307 e.